The molecule has 1 rings (SSSR count). The third-order valence-electron chi connectivity index (χ3n) is 1.66. The molecule has 0 aromatic carbocycles. The molecule has 16 heavy (non-hydrogen) atoms. The topological polar surface area (TPSA) is 86.6 Å². The molecule has 0 bridgehead atoms. The van der Waals surface area contributed by atoms with Gasteiger partial charge in [-0.05, 0) is 11.4 Å². The lowest BCUT2D eigenvalue weighted by Crippen LogP contribution is -2.44. The largest absolute Gasteiger partial charge is 0.480 e. The van der Waals surface area contributed by atoms with Gasteiger partial charge in [-0.1, -0.05) is 6.07 Å². The number of carboxylic acids is 1. The highest BCUT2D eigenvalue weighted by Crippen LogP contribution is 2.22. The van der Waals surface area contributed by atoms with Gasteiger partial charge in [-0.3, -0.25) is 4.79 Å². The lowest BCUT2D eigenvalue weighted by molar-refractivity contribution is -0.142. The van der Waals surface area contributed by atoms with Crippen LogP contribution < -0.4 is 5.32 Å². The van der Waals surface area contributed by atoms with Crippen LogP contribution in [0, 0.1) is 0 Å². The fraction of sp³-hybridized carbons (Fsp3) is 0.333. The number of thioether (sulfide) groups is 1. The van der Waals surface area contributed by atoms with Crippen molar-refractivity contribution in [3.63, 3.8) is 0 Å². The van der Waals surface area contributed by atoms with E-state index in [4.69, 9.17) is 10.2 Å². The van der Waals surface area contributed by atoms with Crippen LogP contribution in [0.5, 0.6) is 0 Å². The molecular weight excluding hydrogens is 250 g/mol. The predicted molar refractivity (Wildman–Crippen MR) is 61.7 cm³/mol. The minimum Gasteiger partial charge on any atom is -0.480 e. The number of aliphatic carboxylic acids is 1. The van der Waals surface area contributed by atoms with E-state index in [1.54, 1.807) is 0 Å². The first-order valence-electron chi connectivity index (χ1n) is 4.43. The average Bonchev–Trinajstić information content (AvgIpc) is 2.75. The maximum atomic E-state index is 11.3. The number of aliphatic hydroxyl groups excluding tert-OH is 1. The lowest BCUT2D eigenvalue weighted by Gasteiger charge is -2.10. The van der Waals surface area contributed by atoms with Crippen molar-refractivity contribution >= 4 is 35.0 Å². The molecule has 5 nitrogen and oxygen atoms in total. The molecule has 0 aliphatic heterocycles. The second-order valence-electron chi connectivity index (χ2n) is 2.86. The smallest absolute Gasteiger partial charge is 0.328 e. The van der Waals surface area contributed by atoms with Gasteiger partial charge in [-0.2, -0.15) is 0 Å². The Balaban J connectivity index is 2.33. The summed E-state index contributed by atoms with van der Waals surface area (Å²) in [6.45, 7) is -0.606. The number of aliphatic hydroxyl groups is 1. The van der Waals surface area contributed by atoms with Crippen molar-refractivity contribution in [2.75, 3.05) is 12.4 Å². The fourth-order valence-electron chi connectivity index (χ4n) is 0.904. The molecule has 0 fully saturated rings. The van der Waals surface area contributed by atoms with E-state index in [1.165, 1.54) is 23.1 Å². The van der Waals surface area contributed by atoms with Gasteiger partial charge in [0, 0.05) is 0 Å². The van der Waals surface area contributed by atoms with Crippen molar-refractivity contribution in [3.05, 3.63) is 17.5 Å². The van der Waals surface area contributed by atoms with Crippen molar-refractivity contribution in [1.82, 2.24) is 5.32 Å². The normalized spacial score (nSPS) is 12.1. The first-order chi connectivity index (χ1) is 7.63. The standard InChI is InChI=1S/C9H11NO4S2/c11-4-6(9(13)14)10-7(12)5-16-8-2-1-3-15-8/h1-3,6,11H,4-5H2,(H,10,12)(H,13,14)/t6-/m0/s1. The molecule has 1 aromatic rings. The Bertz CT molecular complexity index is 352. The van der Waals surface area contributed by atoms with Crippen LogP contribution in [-0.2, 0) is 9.59 Å². The van der Waals surface area contributed by atoms with Crippen LogP contribution >= 0.6 is 23.1 Å². The van der Waals surface area contributed by atoms with Crippen molar-refractivity contribution < 1.29 is 19.8 Å². The number of thiophene rings is 1. The van der Waals surface area contributed by atoms with Gasteiger partial charge in [0.2, 0.25) is 5.91 Å². The van der Waals surface area contributed by atoms with E-state index in [-0.39, 0.29) is 5.75 Å². The zero-order chi connectivity index (χ0) is 12.0. The maximum absolute atomic E-state index is 11.3. The third kappa shape index (κ3) is 4.21. The Morgan fingerprint density at radius 3 is 2.81 bits per heavy atom. The van der Waals surface area contributed by atoms with Crippen LogP contribution in [0.15, 0.2) is 21.7 Å². The molecule has 0 aliphatic rings. The molecule has 0 saturated carbocycles. The molecule has 0 spiro atoms. The number of carbonyl (C=O) groups is 2. The van der Waals surface area contributed by atoms with Gasteiger partial charge in [0.1, 0.15) is 6.04 Å². The minimum atomic E-state index is -1.24. The van der Waals surface area contributed by atoms with Gasteiger partial charge < -0.3 is 15.5 Å². The van der Waals surface area contributed by atoms with Crippen molar-refractivity contribution in [3.8, 4) is 0 Å². The van der Waals surface area contributed by atoms with E-state index in [0.717, 1.165) is 4.21 Å². The van der Waals surface area contributed by atoms with Crippen LogP contribution in [0.1, 0.15) is 0 Å². The monoisotopic (exact) mass is 261 g/mol. The van der Waals surface area contributed by atoms with Gasteiger partial charge in [0.05, 0.1) is 16.6 Å². The maximum Gasteiger partial charge on any atom is 0.328 e. The zero-order valence-corrected chi connectivity index (χ0v) is 9.88. The third-order valence-corrected chi connectivity index (χ3v) is 3.79. The molecule has 1 heterocycles. The molecule has 0 aliphatic carbocycles. The van der Waals surface area contributed by atoms with Crippen molar-refractivity contribution in [2.45, 2.75) is 10.3 Å². The molecule has 88 valence electrons. The van der Waals surface area contributed by atoms with E-state index in [1.807, 2.05) is 17.5 Å². The highest BCUT2D eigenvalue weighted by Gasteiger charge is 2.18. The van der Waals surface area contributed by atoms with Crippen molar-refractivity contribution in [2.24, 2.45) is 0 Å². The molecule has 1 aromatic heterocycles. The second-order valence-corrected chi connectivity index (χ2v) is 5.08. The Hall–Kier alpha value is -1.05. The van der Waals surface area contributed by atoms with Gasteiger partial charge in [-0.25, -0.2) is 4.79 Å². The minimum absolute atomic E-state index is 0.143. The van der Waals surface area contributed by atoms with E-state index < -0.39 is 24.5 Å². The van der Waals surface area contributed by atoms with Gasteiger partial charge in [-0.15, -0.1) is 23.1 Å². The molecular formula is C9H11NO4S2. The summed E-state index contributed by atoms with van der Waals surface area (Å²) in [6.07, 6.45) is 0. The van der Waals surface area contributed by atoms with Crippen molar-refractivity contribution in [1.29, 1.82) is 0 Å². The summed E-state index contributed by atoms with van der Waals surface area (Å²) in [5.41, 5.74) is 0. The quantitative estimate of drug-likeness (QED) is 0.645. The van der Waals surface area contributed by atoms with Crippen LogP contribution in [0.4, 0.5) is 0 Å². The fourth-order valence-corrected chi connectivity index (χ4v) is 2.50. The number of amides is 1. The molecule has 0 unspecified atom stereocenters. The summed E-state index contributed by atoms with van der Waals surface area (Å²) in [5.74, 6) is -1.50. The first kappa shape index (κ1) is 13.0. The number of rotatable bonds is 6. The molecule has 1 atom stereocenters. The summed E-state index contributed by atoms with van der Waals surface area (Å²) in [7, 11) is 0. The summed E-state index contributed by atoms with van der Waals surface area (Å²) in [5, 5.41) is 21.4. The molecule has 3 N–H and O–H groups in total. The molecule has 7 heteroatoms. The predicted octanol–water partition coefficient (Wildman–Crippen LogP) is 0.402. The van der Waals surface area contributed by atoms with E-state index >= 15 is 0 Å². The highest BCUT2D eigenvalue weighted by molar-refractivity contribution is 8.01. The van der Waals surface area contributed by atoms with Gasteiger partial charge >= 0.3 is 5.97 Å². The summed E-state index contributed by atoms with van der Waals surface area (Å²) >= 11 is 2.84. The Labute approximate surface area is 100 Å². The van der Waals surface area contributed by atoms with Crippen LogP contribution in [-0.4, -0.2) is 40.5 Å². The number of carbonyl (C=O) groups excluding carboxylic acids is 1. The highest BCUT2D eigenvalue weighted by atomic mass is 32.2. The van der Waals surface area contributed by atoms with Gasteiger partial charge in [0.15, 0.2) is 0 Å². The molecule has 0 saturated heterocycles. The number of hydrogen-bond donors (Lipinski definition) is 3. The lowest BCUT2D eigenvalue weighted by atomic mass is 10.3. The van der Waals surface area contributed by atoms with Gasteiger partial charge in [0.25, 0.3) is 0 Å². The number of nitrogens with one attached hydrogen (secondary N) is 1. The van der Waals surface area contributed by atoms with Crippen LogP contribution in [0.3, 0.4) is 0 Å². The zero-order valence-electron chi connectivity index (χ0n) is 8.25. The van der Waals surface area contributed by atoms with Crippen LogP contribution in [0.25, 0.3) is 0 Å². The van der Waals surface area contributed by atoms with E-state index in [9.17, 15) is 9.59 Å². The van der Waals surface area contributed by atoms with E-state index in [0.29, 0.717) is 0 Å². The van der Waals surface area contributed by atoms with Crippen LogP contribution in [0.2, 0.25) is 0 Å². The summed E-state index contributed by atoms with van der Waals surface area (Å²) < 4.78 is 0.992. The summed E-state index contributed by atoms with van der Waals surface area (Å²) in [6, 6.07) is 2.53. The number of carboxylic acid groups (broad SMARTS) is 1. The number of hydrogen-bond acceptors (Lipinski definition) is 5. The Kier molecular flexibility index (Phi) is 5.30. The second kappa shape index (κ2) is 6.51. The molecule has 0 radical (unpaired) electrons. The van der Waals surface area contributed by atoms with E-state index in [2.05, 4.69) is 5.32 Å². The first-order valence-corrected chi connectivity index (χ1v) is 6.29. The SMILES string of the molecule is O=C(CSc1cccs1)N[C@@H](CO)C(=O)O. The molecule has 1 amide bonds. The average molecular weight is 261 g/mol. The summed E-state index contributed by atoms with van der Waals surface area (Å²) in [4.78, 5) is 21.8. The Morgan fingerprint density at radius 1 is 1.56 bits per heavy atom. The Morgan fingerprint density at radius 2 is 2.31 bits per heavy atom.